The van der Waals surface area contributed by atoms with Crippen molar-refractivity contribution in [3.63, 3.8) is 0 Å². The third kappa shape index (κ3) is 3.71. The maximum Gasteiger partial charge on any atom is 0.129 e. The number of hydrogen-bond acceptors (Lipinski definition) is 6. The minimum atomic E-state index is 0.557. The SMILES string of the molecule is C1=NC=NCC1=NOCCN1CCOCC1. The number of nitrogens with zero attached hydrogens (tertiary/aromatic N) is 4. The van der Waals surface area contributed by atoms with Crippen LogP contribution in [0.1, 0.15) is 0 Å². The second kappa shape index (κ2) is 6.34. The smallest absolute Gasteiger partial charge is 0.129 e. The number of rotatable bonds is 4. The van der Waals surface area contributed by atoms with Gasteiger partial charge in [-0.1, -0.05) is 5.16 Å². The van der Waals surface area contributed by atoms with Crippen molar-refractivity contribution in [3.05, 3.63) is 0 Å². The fraction of sp³-hybridized carbons (Fsp3) is 0.700. The van der Waals surface area contributed by atoms with Gasteiger partial charge in [0.25, 0.3) is 0 Å². The van der Waals surface area contributed by atoms with Gasteiger partial charge in [-0.05, 0) is 0 Å². The van der Waals surface area contributed by atoms with Crippen LogP contribution in [0, 0.1) is 0 Å². The molecule has 0 atom stereocenters. The first-order valence-corrected chi connectivity index (χ1v) is 5.45. The second-order valence-electron chi connectivity index (χ2n) is 3.60. The molecule has 6 heteroatoms. The van der Waals surface area contributed by atoms with E-state index in [1.54, 1.807) is 6.21 Å². The third-order valence-electron chi connectivity index (χ3n) is 2.41. The van der Waals surface area contributed by atoms with Crippen LogP contribution in [0.4, 0.5) is 0 Å². The number of morpholine rings is 1. The molecule has 0 radical (unpaired) electrons. The van der Waals surface area contributed by atoms with Gasteiger partial charge in [0.2, 0.25) is 0 Å². The summed E-state index contributed by atoms with van der Waals surface area (Å²) in [7, 11) is 0. The van der Waals surface area contributed by atoms with Gasteiger partial charge in [-0.15, -0.1) is 0 Å². The van der Waals surface area contributed by atoms with Crippen LogP contribution in [0.15, 0.2) is 15.1 Å². The van der Waals surface area contributed by atoms with E-state index in [-0.39, 0.29) is 0 Å². The van der Waals surface area contributed by atoms with Crippen LogP contribution in [-0.2, 0) is 9.57 Å². The summed E-state index contributed by atoms with van der Waals surface area (Å²) in [6.07, 6.45) is 3.19. The molecule has 1 fully saturated rings. The summed E-state index contributed by atoms with van der Waals surface area (Å²) in [4.78, 5) is 15.4. The predicted molar refractivity (Wildman–Crippen MR) is 62.5 cm³/mol. The zero-order chi connectivity index (χ0) is 11.1. The molecule has 0 N–H and O–H groups in total. The van der Waals surface area contributed by atoms with Crippen molar-refractivity contribution in [3.8, 4) is 0 Å². The standard InChI is InChI=1S/C10H16N4O2/c1-4-15-5-2-14(1)3-6-16-13-10-7-11-9-12-8-10/h7,9H,1-6,8H2. The van der Waals surface area contributed by atoms with Crippen LogP contribution in [0.25, 0.3) is 0 Å². The molecule has 88 valence electrons. The molecule has 6 nitrogen and oxygen atoms in total. The average molecular weight is 224 g/mol. The van der Waals surface area contributed by atoms with E-state index in [9.17, 15) is 0 Å². The fourth-order valence-corrected chi connectivity index (χ4v) is 1.52. The molecule has 2 aliphatic rings. The first-order chi connectivity index (χ1) is 7.95. The highest BCUT2D eigenvalue weighted by Crippen LogP contribution is 1.96. The number of oxime groups is 1. The van der Waals surface area contributed by atoms with Gasteiger partial charge in [0.15, 0.2) is 0 Å². The van der Waals surface area contributed by atoms with Crippen LogP contribution in [0.2, 0.25) is 0 Å². The minimum Gasteiger partial charge on any atom is -0.394 e. The Hall–Kier alpha value is -1.27. The van der Waals surface area contributed by atoms with Crippen LogP contribution >= 0.6 is 0 Å². The van der Waals surface area contributed by atoms with Gasteiger partial charge >= 0.3 is 0 Å². The Kier molecular flexibility index (Phi) is 4.45. The van der Waals surface area contributed by atoms with Gasteiger partial charge in [-0.2, -0.15) is 0 Å². The summed E-state index contributed by atoms with van der Waals surface area (Å²) >= 11 is 0. The van der Waals surface area contributed by atoms with E-state index in [1.165, 1.54) is 6.34 Å². The summed E-state index contributed by atoms with van der Waals surface area (Å²) in [6, 6.07) is 0. The van der Waals surface area contributed by atoms with Crippen molar-refractivity contribution in [1.82, 2.24) is 4.90 Å². The van der Waals surface area contributed by atoms with Crippen LogP contribution in [0.3, 0.4) is 0 Å². The Morgan fingerprint density at radius 2 is 2.31 bits per heavy atom. The van der Waals surface area contributed by atoms with Crippen LogP contribution in [-0.4, -0.2) is 69.2 Å². The topological polar surface area (TPSA) is 58.8 Å². The third-order valence-corrected chi connectivity index (χ3v) is 2.41. The van der Waals surface area contributed by atoms with Gasteiger partial charge in [-0.3, -0.25) is 9.89 Å². The van der Waals surface area contributed by atoms with Crippen molar-refractivity contribution in [2.24, 2.45) is 15.1 Å². The molecule has 0 unspecified atom stereocenters. The molecular weight excluding hydrogens is 208 g/mol. The highest BCUT2D eigenvalue weighted by Gasteiger charge is 2.09. The van der Waals surface area contributed by atoms with Gasteiger partial charge in [-0.25, -0.2) is 4.99 Å². The predicted octanol–water partition coefficient (Wildman–Crippen LogP) is -0.196. The monoisotopic (exact) mass is 224 g/mol. The lowest BCUT2D eigenvalue weighted by atomic mass is 10.4. The molecule has 0 aromatic rings. The normalized spacial score (nSPS) is 23.9. The van der Waals surface area contributed by atoms with Crippen LogP contribution < -0.4 is 0 Å². The van der Waals surface area contributed by atoms with E-state index in [1.807, 2.05) is 0 Å². The molecule has 0 bridgehead atoms. The number of aliphatic imine (C=N–C) groups is 2. The van der Waals surface area contributed by atoms with E-state index in [0.717, 1.165) is 38.6 Å². The lowest BCUT2D eigenvalue weighted by molar-refractivity contribution is 0.0212. The van der Waals surface area contributed by atoms with Crippen molar-refractivity contribution < 1.29 is 9.57 Å². The van der Waals surface area contributed by atoms with E-state index < -0.39 is 0 Å². The van der Waals surface area contributed by atoms with Gasteiger partial charge in [0.05, 0.1) is 26.0 Å². The van der Waals surface area contributed by atoms with E-state index >= 15 is 0 Å². The summed E-state index contributed by atoms with van der Waals surface area (Å²) in [6.45, 7) is 5.63. The lowest BCUT2D eigenvalue weighted by Gasteiger charge is -2.25. The molecule has 0 spiro atoms. The zero-order valence-corrected chi connectivity index (χ0v) is 9.21. The molecule has 2 rings (SSSR count). The first-order valence-electron chi connectivity index (χ1n) is 5.45. The van der Waals surface area contributed by atoms with Gasteiger partial charge < -0.3 is 9.57 Å². The van der Waals surface area contributed by atoms with Crippen molar-refractivity contribution in [1.29, 1.82) is 0 Å². The summed E-state index contributed by atoms with van der Waals surface area (Å²) < 4.78 is 5.26. The summed E-state index contributed by atoms with van der Waals surface area (Å²) in [5.74, 6) is 0. The molecule has 0 amide bonds. The molecule has 1 saturated heterocycles. The van der Waals surface area contributed by atoms with Crippen molar-refractivity contribution >= 4 is 18.3 Å². The fourth-order valence-electron chi connectivity index (χ4n) is 1.52. The Morgan fingerprint density at radius 3 is 3.06 bits per heavy atom. The molecule has 0 aliphatic carbocycles. The Bertz CT molecular complexity index is 295. The second-order valence-corrected chi connectivity index (χ2v) is 3.60. The number of hydrogen-bond donors (Lipinski definition) is 0. The van der Waals surface area contributed by atoms with E-state index in [0.29, 0.717) is 13.2 Å². The zero-order valence-electron chi connectivity index (χ0n) is 9.21. The first kappa shape index (κ1) is 11.2. The van der Waals surface area contributed by atoms with E-state index in [2.05, 4.69) is 20.0 Å². The molecule has 2 aliphatic heterocycles. The summed E-state index contributed by atoms with van der Waals surface area (Å²) in [5, 5.41) is 3.96. The number of ether oxygens (including phenoxy) is 1. The van der Waals surface area contributed by atoms with Gasteiger partial charge in [0, 0.05) is 19.6 Å². The van der Waals surface area contributed by atoms with Crippen LogP contribution in [0.5, 0.6) is 0 Å². The molecule has 0 aromatic heterocycles. The minimum absolute atomic E-state index is 0.557. The lowest BCUT2D eigenvalue weighted by Crippen LogP contribution is -2.38. The Balaban J connectivity index is 1.60. The molecule has 0 saturated carbocycles. The largest absolute Gasteiger partial charge is 0.394 e. The Morgan fingerprint density at radius 1 is 1.44 bits per heavy atom. The molecule has 16 heavy (non-hydrogen) atoms. The van der Waals surface area contributed by atoms with Crippen molar-refractivity contribution in [2.75, 3.05) is 46.0 Å². The highest BCUT2D eigenvalue weighted by molar-refractivity contribution is 6.33. The average Bonchev–Trinajstić information content (AvgIpc) is 2.37. The molecule has 0 aromatic carbocycles. The van der Waals surface area contributed by atoms with Gasteiger partial charge in [0.1, 0.15) is 18.7 Å². The maximum atomic E-state index is 5.26. The van der Waals surface area contributed by atoms with Crippen molar-refractivity contribution in [2.45, 2.75) is 0 Å². The van der Waals surface area contributed by atoms with E-state index in [4.69, 9.17) is 9.57 Å². The molecule has 2 heterocycles. The summed E-state index contributed by atoms with van der Waals surface area (Å²) in [5.41, 5.74) is 0.768. The maximum absolute atomic E-state index is 5.26. The molecular formula is C10H16N4O2. The quantitative estimate of drug-likeness (QED) is 0.491. The Labute approximate surface area is 94.6 Å². The highest BCUT2D eigenvalue weighted by atomic mass is 16.6.